The van der Waals surface area contributed by atoms with Crippen molar-refractivity contribution in [2.75, 3.05) is 6.54 Å². The second-order valence-corrected chi connectivity index (χ2v) is 6.69. The van der Waals surface area contributed by atoms with Gasteiger partial charge in [-0.05, 0) is 42.2 Å². The van der Waals surface area contributed by atoms with Crippen LogP contribution in [-0.4, -0.2) is 23.6 Å². The molecule has 0 amide bonds. The molecule has 0 radical (unpaired) electrons. The molecule has 1 aromatic rings. The van der Waals surface area contributed by atoms with Crippen LogP contribution in [0.15, 0.2) is 42.0 Å². The van der Waals surface area contributed by atoms with E-state index in [1.165, 1.54) is 0 Å². The summed E-state index contributed by atoms with van der Waals surface area (Å²) in [7, 11) is 0. The minimum atomic E-state index is -0.869. The molecule has 1 rings (SSSR count). The second kappa shape index (κ2) is 7.62. The summed E-state index contributed by atoms with van der Waals surface area (Å²) in [4.78, 5) is 4.25. The number of benzene rings is 1. The zero-order valence-electron chi connectivity index (χ0n) is 13.1. The van der Waals surface area contributed by atoms with Crippen molar-refractivity contribution >= 4 is 17.9 Å². The number of hydrogen-bond donors (Lipinski definition) is 2. The van der Waals surface area contributed by atoms with Gasteiger partial charge in [-0.2, -0.15) is 0 Å². The molecule has 21 heavy (non-hydrogen) atoms. The third-order valence-corrected chi connectivity index (χ3v) is 4.03. The smallest absolute Gasteiger partial charge is 0.0893 e. The van der Waals surface area contributed by atoms with E-state index in [9.17, 15) is 5.11 Å². The van der Waals surface area contributed by atoms with E-state index < -0.39 is 5.60 Å². The van der Waals surface area contributed by atoms with Crippen LogP contribution in [-0.2, 0) is 6.42 Å². The Morgan fingerprint density at radius 2 is 1.90 bits per heavy atom. The van der Waals surface area contributed by atoms with Gasteiger partial charge in [0.15, 0.2) is 0 Å². The fourth-order valence-corrected chi connectivity index (χ4v) is 2.12. The topological polar surface area (TPSA) is 44.6 Å². The van der Waals surface area contributed by atoms with E-state index in [0.29, 0.717) is 13.0 Å². The van der Waals surface area contributed by atoms with Gasteiger partial charge < -0.3 is 10.4 Å². The maximum absolute atomic E-state index is 11.0. The molecule has 2 N–H and O–H groups in total. The van der Waals surface area contributed by atoms with E-state index in [-0.39, 0.29) is 5.41 Å². The highest BCUT2D eigenvalue weighted by atomic mass is 35.5. The van der Waals surface area contributed by atoms with E-state index in [1.54, 1.807) is 12.5 Å². The predicted molar refractivity (Wildman–Crippen MR) is 90.9 cm³/mol. The summed E-state index contributed by atoms with van der Waals surface area (Å²) in [6.45, 7) is 10.0. The number of nitrogens with one attached hydrogen (secondary N) is 1. The summed E-state index contributed by atoms with van der Waals surface area (Å²) >= 11 is 5.89. The molecule has 0 aliphatic rings. The van der Waals surface area contributed by atoms with Crippen LogP contribution in [0.4, 0.5) is 0 Å². The van der Waals surface area contributed by atoms with E-state index in [1.807, 2.05) is 45.0 Å². The average molecular weight is 309 g/mol. The van der Waals surface area contributed by atoms with Crippen molar-refractivity contribution in [1.29, 1.82) is 0 Å². The standard InChI is InChI=1S/C17H25ClN2O/c1-5-19-13-20-12-17(21,16(2,3)4)11-10-14-6-8-15(18)9-7-14/h5-9,13,21H,1,10-12H2,2-4H3,(H,19,20). The number of rotatable bonds is 7. The van der Waals surface area contributed by atoms with Crippen molar-refractivity contribution < 1.29 is 5.11 Å². The lowest BCUT2D eigenvalue weighted by molar-refractivity contribution is -0.0554. The fourth-order valence-electron chi connectivity index (χ4n) is 2.00. The van der Waals surface area contributed by atoms with Gasteiger partial charge in [0.1, 0.15) is 0 Å². The molecule has 0 saturated heterocycles. The first-order valence-electron chi connectivity index (χ1n) is 7.10. The van der Waals surface area contributed by atoms with Crippen LogP contribution in [0.2, 0.25) is 5.02 Å². The SMILES string of the molecule is C=CNC=NCC(O)(CCc1ccc(Cl)cc1)C(C)(C)C. The fraction of sp³-hybridized carbons (Fsp3) is 0.471. The maximum Gasteiger partial charge on any atom is 0.0893 e. The Labute approximate surface area is 132 Å². The van der Waals surface area contributed by atoms with E-state index in [2.05, 4.69) is 16.9 Å². The van der Waals surface area contributed by atoms with Gasteiger partial charge in [0.05, 0.1) is 18.5 Å². The zero-order chi connectivity index (χ0) is 15.9. The Bertz CT molecular complexity index is 477. The summed E-state index contributed by atoms with van der Waals surface area (Å²) in [5, 5.41) is 14.5. The molecule has 4 heteroatoms. The molecule has 1 aromatic carbocycles. The number of nitrogens with zero attached hydrogens (tertiary/aromatic N) is 1. The zero-order valence-corrected chi connectivity index (χ0v) is 13.8. The lowest BCUT2D eigenvalue weighted by Gasteiger charge is -2.39. The molecule has 0 saturated carbocycles. The first-order valence-corrected chi connectivity index (χ1v) is 7.48. The molecule has 0 heterocycles. The Morgan fingerprint density at radius 3 is 2.43 bits per heavy atom. The average Bonchev–Trinajstić information content (AvgIpc) is 2.42. The van der Waals surface area contributed by atoms with Crippen molar-refractivity contribution in [3.8, 4) is 0 Å². The molecule has 0 aromatic heterocycles. The van der Waals surface area contributed by atoms with Gasteiger partial charge >= 0.3 is 0 Å². The van der Waals surface area contributed by atoms with Gasteiger partial charge in [-0.3, -0.25) is 4.99 Å². The molecule has 0 spiro atoms. The lowest BCUT2D eigenvalue weighted by Crippen LogP contribution is -2.46. The van der Waals surface area contributed by atoms with Gasteiger partial charge in [-0.1, -0.05) is 51.1 Å². The van der Waals surface area contributed by atoms with Crippen molar-refractivity contribution in [2.24, 2.45) is 10.4 Å². The largest absolute Gasteiger partial charge is 0.387 e. The number of halogens is 1. The first-order chi connectivity index (χ1) is 9.78. The molecule has 0 fully saturated rings. The Kier molecular flexibility index (Phi) is 6.43. The highest BCUT2D eigenvalue weighted by Crippen LogP contribution is 2.34. The quantitative estimate of drug-likeness (QED) is 0.594. The van der Waals surface area contributed by atoms with Crippen molar-refractivity contribution in [2.45, 2.75) is 39.2 Å². The summed E-state index contributed by atoms with van der Waals surface area (Å²) in [5.41, 5.74) is 0.0342. The van der Waals surface area contributed by atoms with Crippen molar-refractivity contribution in [3.63, 3.8) is 0 Å². The van der Waals surface area contributed by atoms with Crippen LogP contribution in [0, 0.1) is 5.41 Å². The minimum Gasteiger partial charge on any atom is -0.387 e. The number of aliphatic hydroxyl groups is 1. The van der Waals surface area contributed by atoms with Gasteiger partial charge in [0.25, 0.3) is 0 Å². The van der Waals surface area contributed by atoms with Gasteiger partial charge in [-0.25, -0.2) is 0 Å². The molecular weight excluding hydrogens is 284 g/mol. The first kappa shape index (κ1) is 17.7. The van der Waals surface area contributed by atoms with E-state index in [0.717, 1.165) is 17.0 Å². The Hall–Kier alpha value is -1.32. The van der Waals surface area contributed by atoms with Gasteiger partial charge in [0, 0.05) is 5.02 Å². The third kappa shape index (κ3) is 5.52. The van der Waals surface area contributed by atoms with Crippen LogP contribution in [0.5, 0.6) is 0 Å². The molecule has 0 aliphatic carbocycles. The van der Waals surface area contributed by atoms with Crippen LogP contribution < -0.4 is 5.32 Å². The highest BCUT2D eigenvalue weighted by Gasteiger charge is 2.39. The summed E-state index contributed by atoms with van der Waals surface area (Å²) in [6.07, 6.45) is 4.54. The van der Waals surface area contributed by atoms with E-state index >= 15 is 0 Å². The van der Waals surface area contributed by atoms with E-state index in [4.69, 9.17) is 11.6 Å². The van der Waals surface area contributed by atoms with Crippen molar-refractivity contribution in [3.05, 3.63) is 47.6 Å². The van der Waals surface area contributed by atoms with Crippen molar-refractivity contribution in [1.82, 2.24) is 5.32 Å². The number of aliphatic imine (C=N–C) groups is 1. The Morgan fingerprint density at radius 1 is 1.29 bits per heavy atom. The van der Waals surface area contributed by atoms with Crippen LogP contribution in [0.1, 0.15) is 32.8 Å². The number of hydrogen-bond acceptors (Lipinski definition) is 2. The summed E-state index contributed by atoms with van der Waals surface area (Å²) in [6, 6.07) is 7.74. The molecule has 1 unspecified atom stereocenters. The molecule has 1 atom stereocenters. The number of aryl methyl sites for hydroxylation is 1. The van der Waals surface area contributed by atoms with Crippen LogP contribution in [0.25, 0.3) is 0 Å². The normalized spacial score (nSPS) is 14.9. The molecule has 116 valence electrons. The maximum atomic E-state index is 11.0. The molecule has 0 aliphatic heterocycles. The van der Waals surface area contributed by atoms with Crippen LogP contribution in [0.3, 0.4) is 0 Å². The molecule has 3 nitrogen and oxygen atoms in total. The molecule has 0 bridgehead atoms. The summed E-state index contributed by atoms with van der Waals surface area (Å²) < 4.78 is 0. The second-order valence-electron chi connectivity index (χ2n) is 6.25. The molecular formula is C17H25ClN2O. The third-order valence-electron chi connectivity index (χ3n) is 3.77. The van der Waals surface area contributed by atoms with Gasteiger partial charge in [0.2, 0.25) is 0 Å². The van der Waals surface area contributed by atoms with Crippen LogP contribution >= 0.6 is 11.6 Å². The predicted octanol–water partition coefficient (Wildman–Crippen LogP) is 3.81. The van der Waals surface area contributed by atoms with Gasteiger partial charge in [-0.15, -0.1) is 0 Å². The monoisotopic (exact) mass is 308 g/mol. The Balaban J connectivity index is 2.73. The highest BCUT2D eigenvalue weighted by molar-refractivity contribution is 6.30. The summed E-state index contributed by atoms with van der Waals surface area (Å²) in [5.74, 6) is 0. The lowest BCUT2D eigenvalue weighted by atomic mass is 9.73. The minimum absolute atomic E-state index is 0.259.